The lowest BCUT2D eigenvalue weighted by molar-refractivity contribution is -0.880. The Labute approximate surface area is 101 Å². The van der Waals surface area contributed by atoms with Crippen molar-refractivity contribution in [3.05, 3.63) is 17.5 Å². The molecular formula is C12H19N4O+. The summed E-state index contributed by atoms with van der Waals surface area (Å²) >= 11 is 0. The monoisotopic (exact) mass is 235 g/mol. The van der Waals surface area contributed by atoms with Gasteiger partial charge in [-0.15, -0.1) is 0 Å². The summed E-state index contributed by atoms with van der Waals surface area (Å²) in [6, 6.07) is 0. The summed E-state index contributed by atoms with van der Waals surface area (Å²) in [5.41, 5.74) is 1.39. The van der Waals surface area contributed by atoms with E-state index in [-0.39, 0.29) is 5.78 Å². The maximum Gasteiger partial charge on any atom is 0.225 e. The zero-order valence-electron chi connectivity index (χ0n) is 10.7. The van der Waals surface area contributed by atoms with Gasteiger partial charge in [-0.25, -0.2) is 9.97 Å². The van der Waals surface area contributed by atoms with E-state index in [1.54, 1.807) is 18.0 Å². The number of aryl methyl sites for hydroxylation is 1. The average Bonchev–Trinajstić information content (AvgIpc) is 2.29. The number of nitrogens with one attached hydrogen (secondary N) is 1. The largest absolute Gasteiger partial charge is 0.334 e. The third-order valence-electron chi connectivity index (χ3n) is 3.25. The van der Waals surface area contributed by atoms with Crippen LogP contribution in [0.3, 0.4) is 0 Å². The van der Waals surface area contributed by atoms with Crippen LogP contribution < -0.4 is 9.80 Å². The van der Waals surface area contributed by atoms with Crippen molar-refractivity contribution < 1.29 is 9.69 Å². The summed E-state index contributed by atoms with van der Waals surface area (Å²) in [4.78, 5) is 23.7. The Bertz CT molecular complexity index is 425. The lowest BCUT2D eigenvalue weighted by Crippen LogP contribution is -3.12. The number of carbonyl (C=O) groups is 1. The molecule has 1 aromatic rings. The number of ketones is 1. The molecule has 0 aromatic carbocycles. The van der Waals surface area contributed by atoms with Gasteiger partial charge >= 0.3 is 0 Å². The van der Waals surface area contributed by atoms with Gasteiger partial charge in [0.05, 0.1) is 44.5 Å². The second-order valence-corrected chi connectivity index (χ2v) is 4.67. The highest BCUT2D eigenvalue weighted by atomic mass is 16.1. The number of anilines is 1. The third kappa shape index (κ3) is 2.61. The number of carbonyl (C=O) groups excluding carboxylic acids is 1. The van der Waals surface area contributed by atoms with E-state index in [1.165, 1.54) is 0 Å². The Kier molecular flexibility index (Phi) is 3.38. The second-order valence-electron chi connectivity index (χ2n) is 4.67. The van der Waals surface area contributed by atoms with Gasteiger partial charge in [0.2, 0.25) is 5.95 Å². The number of nitrogens with zero attached hydrogens (tertiary/aromatic N) is 3. The number of aromatic nitrogens is 2. The van der Waals surface area contributed by atoms with E-state index >= 15 is 0 Å². The summed E-state index contributed by atoms with van der Waals surface area (Å²) in [5, 5.41) is 0. The fourth-order valence-corrected chi connectivity index (χ4v) is 2.04. The van der Waals surface area contributed by atoms with Gasteiger partial charge in [0.15, 0.2) is 5.78 Å². The summed E-state index contributed by atoms with van der Waals surface area (Å²) in [6.45, 7) is 7.58. The fraction of sp³-hybridized carbons (Fsp3) is 0.583. The SMILES string of the molecule is CC(=O)c1cnc(N2CC[NH+](C)CC2)nc1C. The molecule has 0 amide bonds. The predicted molar refractivity (Wildman–Crippen MR) is 65.6 cm³/mol. The molecule has 0 unspecified atom stereocenters. The van der Waals surface area contributed by atoms with Crippen LogP contribution in [0.4, 0.5) is 5.95 Å². The molecule has 1 aliphatic rings. The minimum Gasteiger partial charge on any atom is -0.334 e. The highest BCUT2D eigenvalue weighted by Gasteiger charge is 2.19. The van der Waals surface area contributed by atoms with Crippen LogP contribution in [0.1, 0.15) is 23.0 Å². The average molecular weight is 235 g/mol. The van der Waals surface area contributed by atoms with Crippen LogP contribution in [0.25, 0.3) is 0 Å². The van der Waals surface area contributed by atoms with Crippen LogP contribution in [-0.4, -0.2) is 49.0 Å². The molecule has 2 rings (SSSR count). The van der Waals surface area contributed by atoms with Crippen molar-refractivity contribution in [1.82, 2.24) is 9.97 Å². The van der Waals surface area contributed by atoms with Crippen molar-refractivity contribution >= 4 is 11.7 Å². The number of likely N-dealkylation sites (N-methyl/N-ethyl adjacent to an activating group) is 1. The van der Waals surface area contributed by atoms with Crippen LogP contribution >= 0.6 is 0 Å². The highest BCUT2D eigenvalue weighted by molar-refractivity contribution is 5.94. The molecule has 1 aliphatic heterocycles. The van der Waals surface area contributed by atoms with Crippen molar-refractivity contribution in [2.24, 2.45) is 0 Å². The first-order chi connectivity index (χ1) is 8.08. The van der Waals surface area contributed by atoms with Crippen molar-refractivity contribution in [2.75, 3.05) is 38.1 Å². The van der Waals surface area contributed by atoms with Gasteiger partial charge in [0.25, 0.3) is 0 Å². The quantitative estimate of drug-likeness (QED) is 0.690. The highest BCUT2D eigenvalue weighted by Crippen LogP contribution is 2.11. The first-order valence-corrected chi connectivity index (χ1v) is 5.98. The minimum absolute atomic E-state index is 0.0249. The second kappa shape index (κ2) is 4.79. The van der Waals surface area contributed by atoms with E-state index in [9.17, 15) is 4.79 Å². The van der Waals surface area contributed by atoms with Gasteiger partial charge in [0.1, 0.15) is 0 Å². The Balaban J connectivity index is 2.17. The Morgan fingerprint density at radius 1 is 1.41 bits per heavy atom. The van der Waals surface area contributed by atoms with E-state index in [4.69, 9.17) is 0 Å². The number of quaternary nitrogens is 1. The summed E-state index contributed by atoms with van der Waals surface area (Å²) in [5.74, 6) is 0.775. The molecular weight excluding hydrogens is 216 g/mol. The molecule has 0 aliphatic carbocycles. The molecule has 1 aromatic heterocycles. The molecule has 5 nitrogen and oxygen atoms in total. The number of hydrogen-bond acceptors (Lipinski definition) is 4. The standard InChI is InChI=1S/C12H18N4O/c1-9-11(10(2)17)8-13-12(14-9)16-6-4-15(3)5-7-16/h8H,4-7H2,1-3H3/p+1. The van der Waals surface area contributed by atoms with Gasteiger partial charge in [-0.1, -0.05) is 0 Å². The number of hydrogen-bond donors (Lipinski definition) is 1. The molecule has 92 valence electrons. The lowest BCUT2D eigenvalue weighted by Gasteiger charge is -2.30. The molecule has 0 saturated carbocycles. The number of rotatable bonds is 2. The van der Waals surface area contributed by atoms with Crippen LogP contribution in [0.15, 0.2) is 6.20 Å². The predicted octanol–water partition coefficient (Wildman–Crippen LogP) is -0.678. The first-order valence-electron chi connectivity index (χ1n) is 5.98. The van der Waals surface area contributed by atoms with E-state index in [2.05, 4.69) is 21.9 Å². The molecule has 0 bridgehead atoms. The van der Waals surface area contributed by atoms with Crippen molar-refractivity contribution in [1.29, 1.82) is 0 Å². The topological polar surface area (TPSA) is 50.5 Å². The number of Topliss-reactive ketones (excluding diaryl/α,β-unsaturated/α-hetero) is 1. The van der Waals surface area contributed by atoms with Gasteiger partial charge in [0, 0.05) is 6.20 Å². The molecule has 0 radical (unpaired) electrons. The van der Waals surface area contributed by atoms with E-state index in [0.717, 1.165) is 37.8 Å². The Morgan fingerprint density at radius 2 is 2.06 bits per heavy atom. The zero-order chi connectivity index (χ0) is 12.4. The van der Waals surface area contributed by atoms with Crippen LogP contribution in [-0.2, 0) is 0 Å². The maximum atomic E-state index is 11.3. The van der Waals surface area contributed by atoms with Crippen LogP contribution in [0, 0.1) is 6.92 Å². The summed E-state index contributed by atoms with van der Waals surface area (Å²) < 4.78 is 0. The zero-order valence-corrected chi connectivity index (χ0v) is 10.7. The lowest BCUT2D eigenvalue weighted by atomic mass is 10.2. The molecule has 0 atom stereocenters. The van der Waals surface area contributed by atoms with E-state index in [0.29, 0.717) is 5.56 Å². The fourth-order valence-electron chi connectivity index (χ4n) is 2.04. The first kappa shape index (κ1) is 12.0. The molecule has 5 heteroatoms. The molecule has 1 N–H and O–H groups in total. The maximum absolute atomic E-state index is 11.3. The van der Waals surface area contributed by atoms with E-state index in [1.807, 2.05) is 6.92 Å². The van der Waals surface area contributed by atoms with Crippen molar-refractivity contribution in [3.63, 3.8) is 0 Å². The molecule has 0 spiro atoms. The van der Waals surface area contributed by atoms with Gasteiger partial charge < -0.3 is 9.80 Å². The van der Waals surface area contributed by atoms with Gasteiger partial charge in [-0.3, -0.25) is 4.79 Å². The minimum atomic E-state index is 0.0249. The summed E-state index contributed by atoms with van der Waals surface area (Å²) in [6.07, 6.45) is 1.64. The normalized spacial score (nSPS) is 17.2. The Morgan fingerprint density at radius 3 is 2.59 bits per heavy atom. The number of piperazine rings is 1. The van der Waals surface area contributed by atoms with Gasteiger partial charge in [-0.2, -0.15) is 0 Å². The molecule has 17 heavy (non-hydrogen) atoms. The van der Waals surface area contributed by atoms with Crippen molar-refractivity contribution in [2.45, 2.75) is 13.8 Å². The van der Waals surface area contributed by atoms with Gasteiger partial charge in [-0.05, 0) is 13.8 Å². The van der Waals surface area contributed by atoms with E-state index < -0.39 is 0 Å². The molecule has 1 fully saturated rings. The molecule has 1 saturated heterocycles. The van der Waals surface area contributed by atoms with Crippen LogP contribution in [0.2, 0.25) is 0 Å². The molecule has 2 heterocycles. The third-order valence-corrected chi connectivity index (χ3v) is 3.25. The van der Waals surface area contributed by atoms with Crippen molar-refractivity contribution in [3.8, 4) is 0 Å². The smallest absolute Gasteiger partial charge is 0.225 e. The summed E-state index contributed by atoms with van der Waals surface area (Å²) in [7, 11) is 2.20. The Hall–Kier alpha value is -1.49. The van der Waals surface area contributed by atoms with Crippen LogP contribution in [0.5, 0.6) is 0 Å².